The van der Waals surface area contributed by atoms with E-state index in [0.717, 1.165) is 68.1 Å². The van der Waals surface area contributed by atoms with Crippen molar-refractivity contribution in [3.8, 4) is 0 Å². The number of ether oxygens (including phenoxy) is 1. The molecule has 2 aromatic heterocycles. The molecular formula is C39H36N6O3S. The average molecular weight is 669 g/mol. The van der Waals surface area contributed by atoms with E-state index in [0.29, 0.717) is 29.1 Å². The molecule has 0 radical (unpaired) electrons. The zero-order chi connectivity index (χ0) is 33.0. The largest absolute Gasteiger partial charge is 0.381 e. The van der Waals surface area contributed by atoms with Crippen LogP contribution in [0.5, 0.6) is 0 Å². The van der Waals surface area contributed by atoms with Gasteiger partial charge < -0.3 is 19.9 Å². The number of Topliss-reactive ketones (excluding diaryl/α,β-unsaturated/α-hetero) is 1. The summed E-state index contributed by atoms with van der Waals surface area (Å²) < 4.78 is 5.15. The predicted molar refractivity (Wildman–Crippen MR) is 194 cm³/mol. The molecule has 2 N–H and O–H groups in total. The summed E-state index contributed by atoms with van der Waals surface area (Å²) in [6.45, 7) is 3.38. The molecule has 4 aromatic rings. The van der Waals surface area contributed by atoms with Gasteiger partial charge in [0.2, 0.25) is 0 Å². The fourth-order valence-corrected chi connectivity index (χ4v) is 9.44. The second-order valence-corrected chi connectivity index (χ2v) is 15.0. The van der Waals surface area contributed by atoms with Gasteiger partial charge in [0.05, 0.1) is 32.3 Å². The van der Waals surface area contributed by atoms with Gasteiger partial charge in [0.25, 0.3) is 5.91 Å². The maximum absolute atomic E-state index is 13.9. The molecule has 9 nitrogen and oxygen atoms in total. The summed E-state index contributed by atoms with van der Waals surface area (Å²) >= 11 is 1.82. The van der Waals surface area contributed by atoms with Crippen LogP contribution in [-0.4, -0.2) is 69.4 Å². The highest BCUT2D eigenvalue weighted by Gasteiger charge is 2.48. The number of nitrogens with one attached hydrogen (secondary N) is 2. The SMILES string of the molecule is O=C(Nc1ccc(C(=O)C2CCC3=CC(c4nc5ccccc5[nH]4)SC34C=CC=CC4=N2)cc1)c1cccnc1N1CC2(CCOCC2)C1. The van der Waals surface area contributed by atoms with E-state index in [1.807, 2.05) is 48.2 Å². The molecule has 4 aliphatic heterocycles. The normalized spacial score (nSPS) is 25.2. The van der Waals surface area contributed by atoms with Crippen LogP contribution in [0.2, 0.25) is 0 Å². The first-order chi connectivity index (χ1) is 24.0. The lowest BCUT2D eigenvalue weighted by atomic mass is 9.73. The van der Waals surface area contributed by atoms with Crippen molar-refractivity contribution >= 4 is 51.7 Å². The molecule has 49 heavy (non-hydrogen) atoms. The number of hydrogen-bond acceptors (Lipinski definition) is 8. The van der Waals surface area contributed by atoms with Crippen LogP contribution in [0.1, 0.15) is 57.5 Å². The number of aliphatic imine (C=N–C) groups is 1. The van der Waals surface area contributed by atoms with E-state index in [1.54, 1.807) is 36.5 Å². The maximum Gasteiger partial charge on any atom is 0.259 e. The standard InChI is InChI=1S/C39H36N6O3S/c46-34(25-10-13-27(14-11-25)41-37(47)28-6-5-19-40-36(28)45-23-38(24-45)17-20-48-21-18-38)31-15-12-26-22-32(35-43-29-7-1-2-8-30(29)44-35)49-39(26)16-4-3-9-33(39)42-31/h1-11,13-14,16,19,22,31-32H,12,15,17-18,20-21,23-24H2,(H,41,47)(H,43,44). The van der Waals surface area contributed by atoms with Crippen LogP contribution in [-0.2, 0) is 4.74 Å². The van der Waals surface area contributed by atoms with Crippen molar-refractivity contribution in [2.24, 2.45) is 10.4 Å². The third-order valence-electron chi connectivity index (χ3n) is 10.5. The predicted octanol–water partition coefficient (Wildman–Crippen LogP) is 6.89. The second-order valence-electron chi connectivity index (χ2n) is 13.6. The van der Waals surface area contributed by atoms with E-state index >= 15 is 0 Å². The second kappa shape index (κ2) is 12.0. The first kappa shape index (κ1) is 30.3. The van der Waals surface area contributed by atoms with Gasteiger partial charge in [-0.05, 0) is 85.9 Å². The Morgan fingerprint density at radius 3 is 2.67 bits per heavy atom. The number of ketones is 1. The van der Waals surface area contributed by atoms with Crippen molar-refractivity contribution in [2.75, 3.05) is 36.5 Å². The van der Waals surface area contributed by atoms with Crippen molar-refractivity contribution in [3.05, 3.63) is 120 Å². The van der Waals surface area contributed by atoms with E-state index < -0.39 is 10.8 Å². The zero-order valence-corrected chi connectivity index (χ0v) is 27.8. The van der Waals surface area contributed by atoms with Gasteiger partial charge in [-0.3, -0.25) is 14.6 Å². The number of thioether (sulfide) groups is 1. The molecule has 0 bridgehead atoms. The van der Waals surface area contributed by atoms with Gasteiger partial charge in [-0.1, -0.05) is 36.4 Å². The van der Waals surface area contributed by atoms with Gasteiger partial charge in [0, 0.05) is 49.2 Å². The van der Waals surface area contributed by atoms with E-state index in [-0.39, 0.29) is 22.4 Å². The Labute approximate surface area is 288 Å². The molecule has 1 amide bonds. The van der Waals surface area contributed by atoms with Crippen molar-refractivity contribution in [1.82, 2.24) is 15.0 Å². The van der Waals surface area contributed by atoms with Crippen molar-refractivity contribution in [1.29, 1.82) is 0 Å². The number of imidazole rings is 1. The number of fused-ring (bicyclic) bond motifs is 1. The number of H-pyrrole nitrogens is 1. The summed E-state index contributed by atoms with van der Waals surface area (Å²) in [5, 5.41) is 3.08. The van der Waals surface area contributed by atoms with Crippen LogP contribution in [0.25, 0.3) is 11.0 Å². The number of carbonyl (C=O) groups excluding carboxylic acids is 2. The fraction of sp³-hybridized carbons (Fsp3) is 0.308. The summed E-state index contributed by atoms with van der Waals surface area (Å²) in [5.74, 6) is 1.41. The number of benzene rings is 2. The third kappa shape index (κ3) is 5.34. The van der Waals surface area contributed by atoms with Crippen LogP contribution in [0.15, 0.2) is 108 Å². The lowest BCUT2D eigenvalue weighted by Crippen LogP contribution is -2.59. The zero-order valence-electron chi connectivity index (χ0n) is 27.0. The van der Waals surface area contributed by atoms with Gasteiger partial charge in [-0.15, -0.1) is 11.8 Å². The minimum Gasteiger partial charge on any atom is -0.381 e. The number of rotatable bonds is 6. The van der Waals surface area contributed by atoms with Gasteiger partial charge in [-0.2, -0.15) is 0 Å². The monoisotopic (exact) mass is 668 g/mol. The molecule has 2 saturated heterocycles. The third-order valence-corrected chi connectivity index (χ3v) is 12.1. The van der Waals surface area contributed by atoms with Crippen molar-refractivity contribution in [2.45, 2.75) is 41.7 Å². The summed E-state index contributed by atoms with van der Waals surface area (Å²) in [7, 11) is 0. The fourth-order valence-electron chi connectivity index (χ4n) is 7.87. The first-order valence-corrected chi connectivity index (χ1v) is 17.9. The van der Waals surface area contributed by atoms with E-state index in [1.165, 1.54) is 5.57 Å². The number of amides is 1. The van der Waals surface area contributed by atoms with Gasteiger partial charge >= 0.3 is 0 Å². The van der Waals surface area contributed by atoms with E-state index in [2.05, 4.69) is 44.5 Å². The molecule has 2 fully saturated rings. The molecular weight excluding hydrogens is 633 g/mol. The maximum atomic E-state index is 13.9. The number of allylic oxidation sites excluding steroid dienone is 3. The number of carbonyl (C=O) groups is 2. The van der Waals surface area contributed by atoms with E-state index in [9.17, 15) is 9.59 Å². The molecule has 10 heteroatoms. The number of para-hydroxylation sites is 2. The molecule has 2 aromatic carbocycles. The molecule has 0 saturated carbocycles. The first-order valence-electron chi connectivity index (χ1n) is 17.0. The Morgan fingerprint density at radius 1 is 1.00 bits per heavy atom. The smallest absolute Gasteiger partial charge is 0.259 e. The summed E-state index contributed by atoms with van der Waals surface area (Å²) in [4.78, 5) is 47.6. The molecule has 2 spiro atoms. The van der Waals surface area contributed by atoms with E-state index in [4.69, 9.17) is 14.7 Å². The Hall–Kier alpha value is -4.80. The molecule has 9 rings (SSSR count). The summed E-state index contributed by atoms with van der Waals surface area (Å²) in [5.41, 5.74) is 6.18. The molecule has 3 atom stereocenters. The highest BCUT2D eigenvalue weighted by Crippen LogP contribution is 2.55. The molecule has 6 heterocycles. The highest BCUT2D eigenvalue weighted by atomic mass is 32.2. The Balaban J connectivity index is 0.893. The Morgan fingerprint density at radius 2 is 1.84 bits per heavy atom. The Kier molecular flexibility index (Phi) is 7.39. The highest BCUT2D eigenvalue weighted by molar-refractivity contribution is 8.02. The van der Waals surface area contributed by atoms with Crippen molar-refractivity contribution in [3.63, 3.8) is 0 Å². The van der Waals surface area contributed by atoms with Crippen molar-refractivity contribution < 1.29 is 14.3 Å². The lowest BCUT2D eigenvalue weighted by Gasteiger charge is -2.53. The molecule has 3 unspecified atom stereocenters. The lowest BCUT2D eigenvalue weighted by molar-refractivity contribution is -0.000509. The van der Waals surface area contributed by atoms with Gasteiger partial charge in [0.15, 0.2) is 5.78 Å². The number of aromatic amines is 1. The summed E-state index contributed by atoms with van der Waals surface area (Å²) in [6, 6.07) is 18.4. The van der Waals surface area contributed by atoms with Crippen LogP contribution < -0.4 is 10.2 Å². The van der Waals surface area contributed by atoms with Gasteiger partial charge in [-0.25, -0.2) is 9.97 Å². The number of nitrogens with zero attached hydrogens (tertiary/aromatic N) is 4. The minimum atomic E-state index is -0.492. The molecule has 5 aliphatic rings. The number of pyridine rings is 1. The minimum absolute atomic E-state index is 0.0164. The molecule has 1 aliphatic carbocycles. The topological polar surface area (TPSA) is 113 Å². The molecule has 246 valence electrons. The van der Waals surface area contributed by atoms with Crippen LogP contribution in [0.3, 0.4) is 0 Å². The average Bonchev–Trinajstić information content (AvgIpc) is 3.68. The quantitative estimate of drug-likeness (QED) is 0.170. The number of aromatic nitrogens is 3. The number of anilines is 2. The van der Waals surface area contributed by atoms with Crippen LogP contribution >= 0.6 is 11.8 Å². The van der Waals surface area contributed by atoms with Crippen LogP contribution in [0, 0.1) is 5.41 Å². The van der Waals surface area contributed by atoms with Gasteiger partial charge in [0.1, 0.15) is 17.7 Å². The number of hydrogen-bond donors (Lipinski definition) is 2. The van der Waals surface area contributed by atoms with Crippen LogP contribution in [0.4, 0.5) is 11.5 Å². The Bertz CT molecular complexity index is 2050. The summed E-state index contributed by atoms with van der Waals surface area (Å²) in [6.07, 6.45) is 15.9.